The molecular formula is C22H24N4O3. The molecule has 2 aromatic carbocycles. The predicted molar refractivity (Wildman–Crippen MR) is 112 cm³/mol. The number of H-pyrrole nitrogens is 1. The van der Waals surface area contributed by atoms with Gasteiger partial charge in [0.1, 0.15) is 17.3 Å². The van der Waals surface area contributed by atoms with Gasteiger partial charge >= 0.3 is 0 Å². The molecular weight excluding hydrogens is 368 g/mol. The minimum atomic E-state index is -0.0934. The van der Waals surface area contributed by atoms with Gasteiger partial charge in [-0.05, 0) is 42.5 Å². The summed E-state index contributed by atoms with van der Waals surface area (Å²) in [7, 11) is 3.30. The lowest BCUT2D eigenvalue weighted by Gasteiger charge is -2.28. The Morgan fingerprint density at radius 3 is 2.66 bits per heavy atom. The summed E-state index contributed by atoms with van der Waals surface area (Å²) < 4.78 is 10.8. The first-order valence-corrected chi connectivity index (χ1v) is 9.48. The van der Waals surface area contributed by atoms with Gasteiger partial charge in [-0.15, -0.1) is 0 Å². The molecule has 0 saturated heterocycles. The lowest BCUT2D eigenvalue weighted by molar-refractivity contribution is 0.237. The smallest absolute Gasteiger partial charge is 0.255 e. The molecule has 0 unspecified atom stereocenters. The molecule has 0 atom stereocenters. The number of methoxy groups -OCH3 is 2. The summed E-state index contributed by atoms with van der Waals surface area (Å²) in [6.45, 7) is 2.02. The molecule has 0 radical (unpaired) electrons. The summed E-state index contributed by atoms with van der Waals surface area (Å²) in [5.74, 6) is 2.17. The molecule has 4 rings (SSSR count). The molecule has 29 heavy (non-hydrogen) atoms. The van der Waals surface area contributed by atoms with Gasteiger partial charge in [-0.1, -0.05) is 0 Å². The van der Waals surface area contributed by atoms with E-state index in [9.17, 15) is 4.79 Å². The SMILES string of the molecule is COc1ccc(OC)c(CN2CCc3nc(-c4ccc(N)cc4)[nH]c(=O)c3C2)c1. The van der Waals surface area contributed by atoms with E-state index in [0.29, 0.717) is 31.0 Å². The minimum Gasteiger partial charge on any atom is -0.497 e. The van der Waals surface area contributed by atoms with Crippen LogP contribution in [0.3, 0.4) is 0 Å². The number of nitrogens with two attached hydrogens (primary N) is 1. The van der Waals surface area contributed by atoms with Crippen molar-refractivity contribution < 1.29 is 9.47 Å². The van der Waals surface area contributed by atoms with Crippen molar-refractivity contribution >= 4 is 5.69 Å². The van der Waals surface area contributed by atoms with E-state index in [1.807, 2.05) is 30.3 Å². The van der Waals surface area contributed by atoms with Crippen LogP contribution in [0.5, 0.6) is 11.5 Å². The van der Waals surface area contributed by atoms with Crippen LogP contribution in [0.4, 0.5) is 5.69 Å². The number of anilines is 1. The normalized spacial score (nSPS) is 13.7. The first kappa shape index (κ1) is 19.0. The maximum Gasteiger partial charge on any atom is 0.255 e. The number of nitrogen functional groups attached to an aromatic ring is 1. The van der Waals surface area contributed by atoms with E-state index in [2.05, 4.69) is 9.88 Å². The van der Waals surface area contributed by atoms with Crippen molar-refractivity contribution in [3.05, 3.63) is 69.6 Å². The summed E-state index contributed by atoms with van der Waals surface area (Å²) in [5.41, 5.74) is 9.78. The molecule has 150 valence electrons. The van der Waals surface area contributed by atoms with Gasteiger partial charge in [-0.25, -0.2) is 4.98 Å². The average molecular weight is 392 g/mol. The Morgan fingerprint density at radius 2 is 1.93 bits per heavy atom. The number of aromatic nitrogens is 2. The van der Waals surface area contributed by atoms with Gasteiger partial charge in [0, 0.05) is 42.9 Å². The van der Waals surface area contributed by atoms with Crippen molar-refractivity contribution in [1.82, 2.24) is 14.9 Å². The topological polar surface area (TPSA) is 93.5 Å². The number of hydrogen-bond donors (Lipinski definition) is 2. The third-order valence-corrected chi connectivity index (χ3v) is 5.21. The van der Waals surface area contributed by atoms with Crippen LogP contribution in [-0.2, 0) is 19.5 Å². The van der Waals surface area contributed by atoms with Crippen molar-refractivity contribution in [3.8, 4) is 22.9 Å². The number of rotatable bonds is 5. The second-order valence-corrected chi connectivity index (χ2v) is 7.10. The Bertz CT molecular complexity index is 1080. The standard InChI is InChI=1S/C22H24N4O3/c1-28-17-7-8-20(29-2)15(11-17)12-26-10-9-19-18(13-26)22(27)25-21(24-19)14-3-5-16(23)6-4-14/h3-8,11H,9-10,12-13,23H2,1-2H3,(H,24,25,27). The van der Waals surface area contributed by atoms with Crippen molar-refractivity contribution in [2.45, 2.75) is 19.5 Å². The second kappa shape index (κ2) is 7.97. The minimum absolute atomic E-state index is 0.0934. The Kier molecular flexibility index (Phi) is 5.22. The van der Waals surface area contributed by atoms with Gasteiger partial charge in [0.05, 0.1) is 25.5 Å². The van der Waals surface area contributed by atoms with Crippen LogP contribution in [0.2, 0.25) is 0 Å². The monoisotopic (exact) mass is 392 g/mol. The van der Waals surface area contributed by atoms with E-state index < -0.39 is 0 Å². The van der Waals surface area contributed by atoms with Crippen molar-refractivity contribution in [3.63, 3.8) is 0 Å². The zero-order valence-electron chi connectivity index (χ0n) is 16.6. The molecule has 0 amide bonds. The lowest BCUT2D eigenvalue weighted by Crippen LogP contribution is -2.35. The number of ether oxygens (including phenoxy) is 2. The quantitative estimate of drug-likeness (QED) is 0.649. The largest absolute Gasteiger partial charge is 0.497 e. The van der Waals surface area contributed by atoms with Crippen molar-refractivity contribution in [2.75, 3.05) is 26.5 Å². The van der Waals surface area contributed by atoms with Gasteiger partial charge in [0.2, 0.25) is 0 Å². The Morgan fingerprint density at radius 1 is 1.14 bits per heavy atom. The Hall–Kier alpha value is -3.32. The van der Waals surface area contributed by atoms with Gasteiger partial charge < -0.3 is 20.2 Å². The zero-order valence-corrected chi connectivity index (χ0v) is 16.6. The van der Waals surface area contributed by atoms with Crippen LogP contribution < -0.4 is 20.8 Å². The molecule has 0 fully saturated rings. The number of fused-ring (bicyclic) bond motifs is 1. The highest BCUT2D eigenvalue weighted by Gasteiger charge is 2.22. The van der Waals surface area contributed by atoms with Gasteiger partial charge in [-0.3, -0.25) is 9.69 Å². The van der Waals surface area contributed by atoms with E-state index in [1.165, 1.54) is 0 Å². The molecule has 0 saturated carbocycles. The Labute approximate surface area is 169 Å². The van der Waals surface area contributed by atoms with Crippen LogP contribution in [-0.4, -0.2) is 35.6 Å². The van der Waals surface area contributed by atoms with Crippen LogP contribution in [0, 0.1) is 0 Å². The number of hydrogen-bond acceptors (Lipinski definition) is 6. The van der Waals surface area contributed by atoms with E-state index in [4.69, 9.17) is 20.2 Å². The van der Waals surface area contributed by atoms with Gasteiger partial charge in [-0.2, -0.15) is 0 Å². The third-order valence-electron chi connectivity index (χ3n) is 5.21. The Balaban J connectivity index is 1.58. The summed E-state index contributed by atoms with van der Waals surface area (Å²) in [4.78, 5) is 22.6. The van der Waals surface area contributed by atoms with E-state index in [-0.39, 0.29) is 5.56 Å². The highest BCUT2D eigenvalue weighted by atomic mass is 16.5. The average Bonchev–Trinajstić information content (AvgIpc) is 2.74. The molecule has 3 aromatic rings. The van der Waals surface area contributed by atoms with Gasteiger partial charge in [0.15, 0.2) is 0 Å². The van der Waals surface area contributed by atoms with Crippen LogP contribution >= 0.6 is 0 Å². The molecule has 1 aliphatic rings. The van der Waals surface area contributed by atoms with E-state index in [1.54, 1.807) is 26.4 Å². The molecule has 7 nitrogen and oxygen atoms in total. The predicted octanol–water partition coefficient (Wildman–Crippen LogP) is 2.59. The van der Waals surface area contributed by atoms with E-state index >= 15 is 0 Å². The fraction of sp³-hybridized carbons (Fsp3) is 0.273. The molecule has 7 heteroatoms. The van der Waals surface area contributed by atoms with E-state index in [0.717, 1.165) is 40.4 Å². The highest BCUT2D eigenvalue weighted by molar-refractivity contribution is 5.58. The second-order valence-electron chi connectivity index (χ2n) is 7.10. The number of nitrogens with one attached hydrogen (secondary N) is 1. The molecule has 3 N–H and O–H groups in total. The lowest BCUT2D eigenvalue weighted by atomic mass is 10.0. The van der Waals surface area contributed by atoms with Crippen LogP contribution in [0.15, 0.2) is 47.3 Å². The maximum absolute atomic E-state index is 12.8. The first-order chi connectivity index (χ1) is 14.1. The van der Waals surface area contributed by atoms with Crippen molar-refractivity contribution in [1.29, 1.82) is 0 Å². The summed E-state index contributed by atoms with van der Waals surface area (Å²) in [6.07, 6.45) is 0.716. The van der Waals surface area contributed by atoms with Crippen molar-refractivity contribution in [2.24, 2.45) is 0 Å². The summed E-state index contributed by atoms with van der Waals surface area (Å²) >= 11 is 0. The van der Waals surface area contributed by atoms with Gasteiger partial charge in [0.25, 0.3) is 5.56 Å². The number of nitrogens with zero attached hydrogens (tertiary/aromatic N) is 2. The molecule has 0 spiro atoms. The molecule has 0 aliphatic carbocycles. The van der Waals surface area contributed by atoms with Crippen LogP contribution in [0.1, 0.15) is 16.8 Å². The molecule has 0 bridgehead atoms. The number of aromatic amines is 1. The fourth-order valence-corrected chi connectivity index (χ4v) is 3.64. The molecule has 2 heterocycles. The zero-order chi connectivity index (χ0) is 20.4. The first-order valence-electron chi connectivity index (χ1n) is 9.48. The third kappa shape index (κ3) is 3.95. The van der Waals surface area contributed by atoms with Crippen LogP contribution in [0.25, 0.3) is 11.4 Å². The highest BCUT2D eigenvalue weighted by Crippen LogP contribution is 2.27. The summed E-state index contributed by atoms with van der Waals surface area (Å²) in [6, 6.07) is 13.1. The molecule has 1 aromatic heterocycles. The summed E-state index contributed by atoms with van der Waals surface area (Å²) in [5, 5.41) is 0. The fourth-order valence-electron chi connectivity index (χ4n) is 3.64. The number of benzene rings is 2. The molecule has 1 aliphatic heterocycles. The maximum atomic E-state index is 12.8.